The smallest absolute Gasteiger partial charge is 0.326 e. The van der Waals surface area contributed by atoms with Gasteiger partial charge >= 0.3 is 6.03 Å². The number of benzene rings is 1. The third-order valence-corrected chi connectivity index (χ3v) is 17.2. The maximum Gasteiger partial charge on any atom is 0.326 e. The second-order valence-electron chi connectivity index (χ2n) is 12.9. The van der Waals surface area contributed by atoms with Crippen molar-refractivity contribution < 1.29 is 18.5 Å². The molecule has 1 unspecified atom stereocenters. The number of carbonyl (C=O) groups excluding carboxylic acids is 1. The lowest BCUT2D eigenvalue weighted by atomic mass is 9.91. The maximum atomic E-state index is 14.3. The molecular weight excluding hydrogens is 502 g/mol. The Hall–Kier alpha value is -2.10. The fourth-order valence-corrected chi connectivity index (χ4v) is 10.8. The van der Waals surface area contributed by atoms with Gasteiger partial charge in [0.05, 0.1) is 11.9 Å². The normalized spacial score (nSPS) is 18.7. The monoisotopic (exact) mass is 545 g/mol. The standard InChI is InChI=1S/C28H43N3O4SSi/c1-18(19-12-13-19)22-15-14-20-10-9-11-23(20)25(22)30-26(32)31(37(7,8)27(2,3)4)36(29,34)24-16-21(17-35-24)28(5,6)33/h14-19,29,33H,9-13H2,1-8H3,(H,30,32)/t18?,36-/m1/s1. The summed E-state index contributed by atoms with van der Waals surface area (Å²) in [6.07, 6.45) is 6.66. The fraction of sp³-hybridized carbons (Fsp3) is 0.607. The Morgan fingerprint density at radius 2 is 1.86 bits per heavy atom. The molecule has 1 aromatic heterocycles. The molecule has 2 amide bonds. The molecule has 2 atom stereocenters. The van der Waals surface area contributed by atoms with Crippen molar-refractivity contribution in [2.24, 2.45) is 5.92 Å². The van der Waals surface area contributed by atoms with Gasteiger partial charge in [-0.15, -0.1) is 0 Å². The van der Waals surface area contributed by atoms with Gasteiger partial charge in [0.2, 0.25) is 5.09 Å². The second-order valence-corrected chi connectivity index (χ2v) is 20.1. The van der Waals surface area contributed by atoms with Crippen LogP contribution >= 0.6 is 0 Å². The van der Waals surface area contributed by atoms with Gasteiger partial charge in [0.15, 0.2) is 18.2 Å². The van der Waals surface area contributed by atoms with Crippen molar-refractivity contribution >= 4 is 29.9 Å². The highest BCUT2D eigenvalue weighted by Gasteiger charge is 2.50. The summed E-state index contributed by atoms with van der Waals surface area (Å²) in [4.78, 5) is 14.2. The summed E-state index contributed by atoms with van der Waals surface area (Å²) in [6.45, 7) is 15.5. The van der Waals surface area contributed by atoms with Crippen molar-refractivity contribution in [2.75, 3.05) is 5.32 Å². The molecule has 1 aromatic carbocycles. The van der Waals surface area contributed by atoms with E-state index < -0.39 is 29.8 Å². The summed E-state index contributed by atoms with van der Waals surface area (Å²) in [5, 5.41) is 13.1. The molecule has 0 aliphatic heterocycles. The zero-order valence-corrected chi connectivity index (χ0v) is 25.3. The van der Waals surface area contributed by atoms with Crippen LogP contribution < -0.4 is 5.32 Å². The summed E-state index contributed by atoms with van der Waals surface area (Å²) >= 11 is 0. The van der Waals surface area contributed by atoms with Crippen LogP contribution in [0.2, 0.25) is 18.1 Å². The highest BCUT2D eigenvalue weighted by molar-refractivity contribution is 7.92. The first-order valence-corrected chi connectivity index (χ1v) is 17.8. The molecule has 2 aliphatic carbocycles. The summed E-state index contributed by atoms with van der Waals surface area (Å²) in [7, 11) is -6.70. The maximum absolute atomic E-state index is 14.3. The van der Waals surface area contributed by atoms with Crippen molar-refractivity contribution in [3.05, 3.63) is 46.7 Å². The van der Waals surface area contributed by atoms with Crippen LogP contribution in [0.4, 0.5) is 10.5 Å². The largest absolute Gasteiger partial charge is 0.452 e. The quantitative estimate of drug-likeness (QED) is 0.316. The third-order valence-electron chi connectivity index (χ3n) is 8.71. The Balaban J connectivity index is 1.81. The first-order chi connectivity index (χ1) is 17.0. The SMILES string of the molecule is CC(c1ccc2c(c1NC(=O)N([Si](C)(C)C(C)(C)C)[S@@](=N)(=O)c1cc(C(C)(C)O)co1)CCC2)C1CC1. The van der Waals surface area contributed by atoms with Crippen molar-refractivity contribution in [2.45, 2.75) is 108 Å². The molecular formula is C28H43N3O4SSi. The van der Waals surface area contributed by atoms with E-state index in [9.17, 15) is 14.1 Å². The molecule has 1 fully saturated rings. The van der Waals surface area contributed by atoms with Crippen molar-refractivity contribution in [3.8, 4) is 0 Å². The van der Waals surface area contributed by atoms with Gasteiger partial charge < -0.3 is 14.8 Å². The second kappa shape index (κ2) is 9.27. The van der Waals surface area contributed by atoms with E-state index in [1.807, 2.05) is 33.9 Å². The Morgan fingerprint density at radius 3 is 2.41 bits per heavy atom. The molecule has 4 rings (SSSR count). The molecule has 0 radical (unpaired) electrons. The average molecular weight is 546 g/mol. The lowest BCUT2D eigenvalue weighted by Gasteiger charge is -2.45. The molecule has 2 aliphatic rings. The number of furan rings is 1. The average Bonchev–Trinajstić information content (AvgIpc) is 3.27. The van der Waals surface area contributed by atoms with Crippen molar-refractivity contribution in [3.63, 3.8) is 0 Å². The number of nitrogens with one attached hydrogen (secondary N) is 2. The zero-order valence-electron chi connectivity index (χ0n) is 23.5. The molecule has 9 heteroatoms. The molecule has 3 N–H and O–H groups in total. The molecule has 0 spiro atoms. The van der Waals surface area contributed by atoms with Crippen LogP contribution in [0.15, 0.2) is 34.0 Å². The van der Waals surface area contributed by atoms with Crippen LogP contribution in [-0.4, -0.2) is 27.6 Å². The number of fused-ring (bicyclic) bond motifs is 1. The van der Waals surface area contributed by atoms with Gasteiger partial charge in [-0.05, 0) is 92.6 Å². The van der Waals surface area contributed by atoms with Crippen LogP contribution in [0, 0.1) is 10.7 Å². The van der Waals surface area contributed by atoms with Crippen molar-refractivity contribution in [1.29, 1.82) is 4.78 Å². The first-order valence-electron chi connectivity index (χ1n) is 13.3. The number of urea groups is 1. The Kier molecular flexibility index (Phi) is 7.00. The van der Waals surface area contributed by atoms with Crippen LogP contribution in [0.3, 0.4) is 0 Å². The van der Waals surface area contributed by atoms with E-state index in [-0.39, 0.29) is 10.1 Å². The topological polar surface area (TPSA) is 107 Å². The highest BCUT2D eigenvalue weighted by Crippen LogP contribution is 2.47. The number of aryl methyl sites for hydroxylation is 1. The van der Waals surface area contributed by atoms with Crippen LogP contribution in [-0.2, 0) is 28.4 Å². The molecule has 2 aromatic rings. The summed E-state index contributed by atoms with van der Waals surface area (Å²) in [6, 6.07) is 5.28. The van der Waals surface area contributed by atoms with E-state index in [4.69, 9.17) is 9.20 Å². The Morgan fingerprint density at radius 1 is 1.22 bits per heavy atom. The minimum absolute atomic E-state index is 0.116. The molecule has 204 valence electrons. The van der Waals surface area contributed by atoms with Crippen LogP contribution in [0.25, 0.3) is 0 Å². The number of amides is 2. The lowest BCUT2D eigenvalue weighted by molar-refractivity contribution is 0.0779. The van der Waals surface area contributed by atoms with E-state index in [0.717, 1.165) is 30.5 Å². The summed E-state index contributed by atoms with van der Waals surface area (Å²) in [5.74, 6) is 0.942. The van der Waals surface area contributed by atoms with Gasteiger partial charge in [-0.1, -0.05) is 39.8 Å². The third kappa shape index (κ3) is 5.14. The van der Waals surface area contributed by atoms with Gasteiger partial charge in [-0.2, -0.15) is 0 Å². The van der Waals surface area contributed by atoms with Gasteiger partial charge in [0, 0.05) is 17.3 Å². The Bertz CT molecular complexity index is 1300. The summed E-state index contributed by atoms with van der Waals surface area (Å²) in [5.41, 5.74) is 3.60. The fourth-order valence-electron chi connectivity index (χ4n) is 5.09. The van der Waals surface area contributed by atoms with Crippen LogP contribution in [0.5, 0.6) is 0 Å². The van der Waals surface area contributed by atoms with Crippen molar-refractivity contribution in [1.82, 2.24) is 3.97 Å². The minimum atomic E-state index is -3.85. The number of hydrogen-bond donors (Lipinski definition) is 3. The number of aliphatic hydroxyl groups is 1. The molecule has 37 heavy (non-hydrogen) atoms. The number of rotatable bonds is 7. The number of anilines is 1. The highest BCUT2D eigenvalue weighted by atomic mass is 32.2. The molecule has 1 saturated carbocycles. The number of nitrogens with zero attached hydrogens (tertiary/aromatic N) is 1. The number of carbonyl (C=O) groups is 1. The summed E-state index contributed by atoms with van der Waals surface area (Å²) < 4.78 is 30.3. The molecule has 1 heterocycles. The molecule has 0 bridgehead atoms. The van der Waals surface area contributed by atoms with E-state index in [0.29, 0.717) is 17.4 Å². The van der Waals surface area contributed by atoms with Crippen LogP contribution in [0.1, 0.15) is 89.0 Å². The van der Waals surface area contributed by atoms with Gasteiger partial charge in [-0.25, -0.2) is 13.8 Å². The molecule has 0 saturated heterocycles. The predicted octanol–water partition coefficient (Wildman–Crippen LogP) is 7.37. The Labute approximate surface area is 223 Å². The van der Waals surface area contributed by atoms with E-state index in [1.54, 1.807) is 13.8 Å². The van der Waals surface area contributed by atoms with E-state index >= 15 is 0 Å². The first kappa shape index (κ1) is 27.9. The lowest BCUT2D eigenvalue weighted by Crippen LogP contribution is -2.60. The number of hydrogen-bond acceptors (Lipinski definition) is 5. The van der Waals surface area contributed by atoms with Gasteiger partial charge in [-0.3, -0.25) is 3.97 Å². The minimum Gasteiger partial charge on any atom is -0.452 e. The van der Waals surface area contributed by atoms with E-state index in [1.165, 1.54) is 40.3 Å². The zero-order chi connectivity index (χ0) is 27.6. The molecule has 7 nitrogen and oxygen atoms in total. The van der Waals surface area contributed by atoms with Gasteiger partial charge in [0.25, 0.3) is 0 Å². The predicted molar refractivity (Wildman–Crippen MR) is 151 cm³/mol. The van der Waals surface area contributed by atoms with E-state index in [2.05, 4.69) is 24.4 Å². The van der Waals surface area contributed by atoms with Gasteiger partial charge in [0.1, 0.15) is 0 Å².